The predicted molar refractivity (Wildman–Crippen MR) is 97.8 cm³/mol. The Morgan fingerprint density at radius 3 is 2.32 bits per heavy atom. The van der Waals surface area contributed by atoms with Crippen LogP contribution in [0.5, 0.6) is 0 Å². The molecule has 1 aromatic rings. The summed E-state index contributed by atoms with van der Waals surface area (Å²) in [6.45, 7) is 7.68. The summed E-state index contributed by atoms with van der Waals surface area (Å²) in [6, 6.07) is 9.73. The second-order valence-electron chi connectivity index (χ2n) is 8.01. The van der Waals surface area contributed by atoms with E-state index in [-0.39, 0.29) is 36.4 Å². The molecule has 0 bridgehead atoms. The van der Waals surface area contributed by atoms with Gasteiger partial charge in [-0.2, -0.15) is 0 Å². The van der Waals surface area contributed by atoms with Gasteiger partial charge in [-0.15, -0.1) is 0 Å². The second-order valence-corrected chi connectivity index (χ2v) is 8.01. The Hall–Kier alpha value is -1.88. The van der Waals surface area contributed by atoms with E-state index < -0.39 is 5.41 Å². The van der Waals surface area contributed by atoms with E-state index in [2.05, 4.69) is 0 Å². The van der Waals surface area contributed by atoms with Gasteiger partial charge in [0.05, 0.1) is 6.04 Å². The number of likely N-dealkylation sites (tertiary alicyclic amines) is 1. The SMILES string of the molecule is CC(=O)N1C[C@@H](CO)[C@@H](N(C)C(=O)C(C)(C)C)C[C@H]1c1ccccc1. The molecule has 0 aromatic heterocycles. The molecule has 0 radical (unpaired) electrons. The maximum absolute atomic E-state index is 12.7. The Balaban J connectivity index is 2.34. The van der Waals surface area contributed by atoms with Gasteiger partial charge in [0.1, 0.15) is 0 Å². The van der Waals surface area contributed by atoms with Gasteiger partial charge in [-0.1, -0.05) is 51.1 Å². The van der Waals surface area contributed by atoms with Gasteiger partial charge in [0.25, 0.3) is 0 Å². The number of carbonyl (C=O) groups excluding carboxylic acids is 2. The van der Waals surface area contributed by atoms with E-state index in [1.807, 2.05) is 63.1 Å². The zero-order chi connectivity index (χ0) is 18.8. The van der Waals surface area contributed by atoms with E-state index in [1.165, 1.54) is 0 Å². The highest BCUT2D eigenvalue weighted by Gasteiger charge is 2.41. The minimum Gasteiger partial charge on any atom is -0.396 e. The van der Waals surface area contributed by atoms with E-state index >= 15 is 0 Å². The van der Waals surface area contributed by atoms with Gasteiger partial charge in [-0.3, -0.25) is 9.59 Å². The molecule has 2 amide bonds. The third kappa shape index (κ3) is 4.21. The topological polar surface area (TPSA) is 60.9 Å². The van der Waals surface area contributed by atoms with Gasteiger partial charge in [-0.25, -0.2) is 0 Å². The van der Waals surface area contributed by atoms with Crippen molar-refractivity contribution in [1.82, 2.24) is 9.80 Å². The van der Waals surface area contributed by atoms with Gasteiger partial charge in [-0.05, 0) is 12.0 Å². The Morgan fingerprint density at radius 1 is 1.24 bits per heavy atom. The first-order valence-corrected chi connectivity index (χ1v) is 8.87. The van der Waals surface area contributed by atoms with E-state index in [4.69, 9.17) is 0 Å². The standard InChI is InChI=1S/C20H30N2O3/c1-14(24)22-12-16(13-23)17(21(5)19(25)20(2,3)4)11-18(22)15-9-7-6-8-10-15/h6-10,16-18,23H,11-13H2,1-5H3/t16-,17-,18-/m0/s1. The Morgan fingerprint density at radius 2 is 1.84 bits per heavy atom. The first-order chi connectivity index (χ1) is 11.7. The zero-order valence-electron chi connectivity index (χ0n) is 15.9. The molecule has 1 heterocycles. The van der Waals surface area contributed by atoms with E-state index in [0.29, 0.717) is 13.0 Å². The number of carbonyl (C=O) groups is 2. The van der Waals surface area contributed by atoms with Gasteiger partial charge in [0.2, 0.25) is 11.8 Å². The van der Waals surface area contributed by atoms with E-state index in [1.54, 1.807) is 11.8 Å². The normalized spacial score (nSPS) is 24.1. The molecule has 0 unspecified atom stereocenters. The summed E-state index contributed by atoms with van der Waals surface area (Å²) in [4.78, 5) is 28.5. The third-order valence-electron chi connectivity index (χ3n) is 5.10. The van der Waals surface area contributed by atoms with Crippen molar-refractivity contribution in [3.8, 4) is 0 Å². The van der Waals surface area contributed by atoms with Crippen LogP contribution in [-0.2, 0) is 9.59 Å². The largest absolute Gasteiger partial charge is 0.396 e. The average Bonchev–Trinajstić information content (AvgIpc) is 2.59. The quantitative estimate of drug-likeness (QED) is 0.914. The molecule has 3 atom stereocenters. The van der Waals surface area contributed by atoms with E-state index in [9.17, 15) is 14.7 Å². The zero-order valence-corrected chi connectivity index (χ0v) is 15.9. The predicted octanol–water partition coefficient (Wildman–Crippen LogP) is 2.46. The molecule has 1 N–H and O–H groups in total. The van der Waals surface area contributed by atoms with Crippen molar-refractivity contribution >= 4 is 11.8 Å². The molecule has 5 nitrogen and oxygen atoms in total. The van der Waals surface area contributed by atoms with Gasteiger partial charge >= 0.3 is 0 Å². The molecule has 1 saturated heterocycles. The molecular formula is C20H30N2O3. The van der Waals surface area contributed by atoms with Crippen molar-refractivity contribution in [3.63, 3.8) is 0 Å². The van der Waals surface area contributed by atoms with Crippen LogP contribution in [0.15, 0.2) is 30.3 Å². The van der Waals surface area contributed by atoms with Crippen LogP contribution in [0.1, 0.15) is 45.7 Å². The monoisotopic (exact) mass is 346 g/mol. The van der Waals surface area contributed by atoms with Crippen LogP contribution < -0.4 is 0 Å². The van der Waals surface area contributed by atoms with Crippen molar-refractivity contribution in [2.45, 2.75) is 46.2 Å². The third-order valence-corrected chi connectivity index (χ3v) is 5.10. The number of hydrogen-bond donors (Lipinski definition) is 1. The van der Waals surface area contributed by atoms with Crippen molar-refractivity contribution in [2.75, 3.05) is 20.2 Å². The first-order valence-electron chi connectivity index (χ1n) is 8.87. The summed E-state index contributed by atoms with van der Waals surface area (Å²) in [5, 5.41) is 9.88. The van der Waals surface area contributed by atoms with Gasteiger partial charge in [0, 0.05) is 44.5 Å². The fourth-order valence-electron chi connectivity index (χ4n) is 3.72. The number of aliphatic hydroxyl groups excluding tert-OH is 1. The molecule has 1 aliphatic heterocycles. The summed E-state index contributed by atoms with van der Waals surface area (Å²) in [5.41, 5.74) is 0.588. The van der Waals surface area contributed by atoms with Gasteiger partial charge < -0.3 is 14.9 Å². The summed E-state index contributed by atoms with van der Waals surface area (Å²) < 4.78 is 0. The number of benzene rings is 1. The molecule has 1 fully saturated rings. The number of nitrogens with zero attached hydrogens (tertiary/aromatic N) is 2. The maximum Gasteiger partial charge on any atom is 0.227 e. The lowest BCUT2D eigenvalue weighted by atomic mass is 9.83. The van der Waals surface area contributed by atoms with Crippen LogP contribution in [0.2, 0.25) is 0 Å². The molecule has 0 aliphatic carbocycles. The Kier molecular flexibility index (Phi) is 5.88. The van der Waals surface area contributed by atoms with Crippen molar-refractivity contribution in [1.29, 1.82) is 0 Å². The maximum atomic E-state index is 12.7. The van der Waals surface area contributed by atoms with Crippen molar-refractivity contribution in [2.24, 2.45) is 11.3 Å². The van der Waals surface area contributed by atoms with Crippen molar-refractivity contribution < 1.29 is 14.7 Å². The van der Waals surface area contributed by atoms with Gasteiger partial charge in [0.15, 0.2) is 0 Å². The number of aliphatic hydroxyl groups is 1. The van der Waals surface area contributed by atoms with Crippen LogP contribution >= 0.6 is 0 Å². The highest BCUT2D eigenvalue weighted by atomic mass is 16.3. The fraction of sp³-hybridized carbons (Fsp3) is 0.600. The highest BCUT2D eigenvalue weighted by molar-refractivity contribution is 5.81. The molecule has 1 aromatic carbocycles. The fourth-order valence-corrected chi connectivity index (χ4v) is 3.72. The minimum absolute atomic E-state index is 0.00412. The number of amides is 2. The molecule has 25 heavy (non-hydrogen) atoms. The highest BCUT2D eigenvalue weighted by Crippen LogP contribution is 2.36. The molecule has 0 spiro atoms. The van der Waals surface area contributed by atoms with Crippen LogP contribution in [0.25, 0.3) is 0 Å². The summed E-state index contributed by atoms with van der Waals surface area (Å²) in [6.07, 6.45) is 0.632. The molecular weight excluding hydrogens is 316 g/mol. The van der Waals surface area contributed by atoms with Crippen LogP contribution in [0, 0.1) is 11.3 Å². The number of hydrogen-bond acceptors (Lipinski definition) is 3. The lowest BCUT2D eigenvalue weighted by Gasteiger charge is -2.47. The summed E-state index contributed by atoms with van der Waals surface area (Å²) in [7, 11) is 1.81. The molecule has 0 saturated carbocycles. The first kappa shape index (κ1) is 19.4. The van der Waals surface area contributed by atoms with Crippen LogP contribution in [0.4, 0.5) is 0 Å². The molecule has 2 rings (SSSR count). The lowest BCUT2D eigenvalue weighted by molar-refractivity contribution is -0.146. The molecule has 138 valence electrons. The molecule has 1 aliphatic rings. The smallest absolute Gasteiger partial charge is 0.227 e. The number of piperidine rings is 1. The summed E-state index contributed by atoms with van der Waals surface area (Å²) >= 11 is 0. The van der Waals surface area contributed by atoms with Crippen molar-refractivity contribution in [3.05, 3.63) is 35.9 Å². The second kappa shape index (κ2) is 7.56. The van der Waals surface area contributed by atoms with Crippen LogP contribution in [0.3, 0.4) is 0 Å². The van der Waals surface area contributed by atoms with Crippen LogP contribution in [-0.4, -0.2) is 53.0 Å². The van der Waals surface area contributed by atoms with E-state index in [0.717, 1.165) is 5.56 Å². The number of rotatable bonds is 3. The summed E-state index contributed by atoms with van der Waals surface area (Å²) in [5.74, 6) is -0.0882. The Bertz CT molecular complexity index is 609. The minimum atomic E-state index is -0.477. The lowest BCUT2D eigenvalue weighted by Crippen LogP contribution is -2.56. The average molecular weight is 346 g/mol. The Labute approximate surface area is 150 Å². The molecule has 5 heteroatoms.